The largest absolute Gasteiger partial charge is 0.434 e. The summed E-state index contributed by atoms with van der Waals surface area (Å²) >= 11 is 0. The molecule has 1 aliphatic rings. The number of nitrogens with zero attached hydrogens (tertiary/aromatic N) is 4. The topological polar surface area (TPSA) is 71.8 Å². The lowest BCUT2D eigenvalue weighted by atomic mass is 10.0. The van der Waals surface area contributed by atoms with Gasteiger partial charge in [0.2, 0.25) is 5.95 Å². The number of Topliss-reactive ketones (excluding diaryl/α,β-unsaturated/α-hetero) is 1. The molecule has 0 amide bonds. The Bertz CT molecular complexity index is 1080. The molecule has 0 radical (unpaired) electrons. The smallest absolute Gasteiger partial charge is 0.387 e. The first kappa shape index (κ1) is 21.2. The van der Waals surface area contributed by atoms with E-state index in [-0.39, 0.29) is 24.0 Å². The minimum Gasteiger partial charge on any atom is -0.434 e. The molecule has 0 spiro atoms. The number of carbonyl (C=O) groups is 1. The third-order valence-corrected chi connectivity index (χ3v) is 5.52. The van der Waals surface area contributed by atoms with Gasteiger partial charge in [-0.1, -0.05) is 13.0 Å². The van der Waals surface area contributed by atoms with Crippen LogP contribution < -0.4 is 10.1 Å². The number of likely N-dealkylation sites (tertiary alicyclic amines) is 1. The molecule has 1 aliphatic heterocycles. The third kappa shape index (κ3) is 4.51. The van der Waals surface area contributed by atoms with E-state index in [1.54, 1.807) is 19.1 Å². The molecule has 1 fully saturated rings. The van der Waals surface area contributed by atoms with E-state index in [4.69, 9.17) is 4.74 Å². The number of halogens is 2. The Balaban J connectivity index is 1.73. The van der Waals surface area contributed by atoms with Crippen LogP contribution in [0, 0.1) is 0 Å². The zero-order valence-electron chi connectivity index (χ0n) is 17.5. The molecule has 0 saturated carbocycles. The lowest BCUT2D eigenvalue weighted by Gasteiger charge is -2.30. The van der Waals surface area contributed by atoms with Crippen molar-refractivity contribution in [1.82, 2.24) is 19.5 Å². The standard InChI is InChI=1S/C22H25F2N5O2/c1-3-18(30)14-8-9-16(19(12-14)31-21(23)24)20-17-7-5-11-29(17)22(27-26-20)25-15-6-4-10-28(2)13-15/h5,7-9,11-12,15,21H,3-4,6,10,13H2,1-2H3,(H,25,27)/t15-/m1/s1. The molecule has 1 N–H and O–H groups in total. The van der Waals surface area contributed by atoms with Gasteiger partial charge in [-0.15, -0.1) is 10.2 Å². The van der Waals surface area contributed by atoms with E-state index in [0.29, 0.717) is 28.3 Å². The number of likely N-dealkylation sites (N-methyl/N-ethyl adjacent to an activating group) is 1. The Labute approximate surface area is 179 Å². The molecule has 0 aliphatic carbocycles. The number of ketones is 1. The number of ether oxygens (including phenoxy) is 1. The van der Waals surface area contributed by atoms with Crippen molar-refractivity contribution in [3.63, 3.8) is 0 Å². The summed E-state index contributed by atoms with van der Waals surface area (Å²) < 4.78 is 32.8. The van der Waals surface area contributed by atoms with Crippen molar-refractivity contribution in [2.75, 3.05) is 25.5 Å². The van der Waals surface area contributed by atoms with Gasteiger partial charge in [-0.05, 0) is 50.7 Å². The summed E-state index contributed by atoms with van der Waals surface area (Å²) in [5.74, 6) is 0.348. The summed E-state index contributed by atoms with van der Waals surface area (Å²) in [6.07, 6.45) is 4.26. The molecule has 3 aromatic rings. The molecule has 3 heterocycles. The molecular formula is C22H25F2N5O2. The number of hydrogen-bond donors (Lipinski definition) is 1. The minimum absolute atomic E-state index is 0.0960. The monoisotopic (exact) mass is 429 g/mol. The van der Waals surface area contributed by atoms with Gasteiger partial charge in [0, 0.05) is 36.3 Å². The Morgan fingerprint density at radius 3 is 2.90 bits per heavy atom. The van der Waals surface area contributed by atoms with Crippen LogP contribution in [-0.2, 0) is 0 Å². The van der Waals surface area contributed by atoms with Crippen molar-refractivity contribution in [1.29, 1.82) is 0 Å². The van der Waals surface area contributed by atoms with Crippen LogP contribution in [0.4, 0.5) is 14.7 Å². The second-order valence-electron chi connectivity index (χ2n) is 7.75. The fourth-order valence-corrected chi connectivity index (χ4v) is 4.00. The van der Waals surface area contributed by atoms with E-state index in [1.165, 1.54) is 6.07 Å². The van der Waals surface area contributed by atoms with E-state index in [0.717, 1.165) is 25.9 Å². The van der Waals surface area contributed by atoms with Crippen LogP contribution in [-0.4, -0.2) is 58.1 Å². The zero-order valence-corrected chi connectivity index (χ0v) is 17.5. The number of anilines is 1. The van der Waals surface area contributed by atoms with Gasteiger partial charge in [-0.25, -0.2) is 0 Å². The lowest BCUT2D eigenvalue weighted by molar-refractivity contribution is -0.0495. The number of piperidine rings is 1. The highest BCUT2D eigenvalue weighted by Gasteiger charge is 2.21. The van der Waals surface area contributed by atoms with E-state index in [9.17, 15) is 13.6 Å². The number of alkyl halides is 2. The molecule has 1 atom stereocenters. The molecule has 31 heavy (non-hydrogen) atoms. The number of benzene rings is 1. The van der Waals surface area contributed by atoms with Gasteiger partial charge < -0.3 is 15.0 Å². The van der Waals surface area contributed by atoms with Gasteiger partial charge in [0.1, 0.15) is 11.4 Å². The summed E-state index contributed by atoms with van der Waals surface area (Å²) in [6, 6.07) is 8.48. The molecule has 0 bridgehead atoms. The predicted molar refractivity (Wildman–Crippen MR) is 114 cm³/mol. The number of carbonyl (C=O) groups excluding carboxylic acids is 1. The summed E-state index contributed by atoms with van der Waals surface area (Å²) in [5, 5.41) is 12.1. The maximum absolute atomic E-state index is 13.1. The average Bonchev–Trinajstić information content (AvgIpc) is 3.24. The molecule has 2 aromatic heterocycles. The van der Waals surface area contributed by atoms with Gasteiger partial charge >= 0.3 is 6.61 Å². The first-order valence-electron chi connectivity index (χ1n) is 10.4. The molecule has 1 aromatic carbocycles. The fourth-order valence-electron chi connectivity index (χ4n) is 4.00. The summed E-state index contributed by atoms with van der Waals surface area (Å²) in [4.78, 5) is 14.3. The second-order valence-corrected chi connectivity index (χ2v) is 7.75. The van der Waals surface area contributed by atoms with E-state index < -0.39 is 6.61 Å². The molecule has 1 saturated heterocycles. The second kappa shape index (κ2) is 8.97. The van der Waals surface area contributed by atoms with Crippen LogP contribution in [0.25, 0.3) is 16.8 Å². The van der Waals surface area contributed by atoms with E-state index in [2.05, 4.69) is 27.5 Å². The summed E-state index contributed by atoms with van der Waals surface area (Å²) in [7, 11) is 2.09. The molecule has 0 unspecified atom stereocenters. The molecular weight excluding hydrogens is 404 g/mol. The fraction of sp³-hybridized carbons (Fsp3) is 0.409. The summed E-state index contributed by atoms with van der Waals surface area (Å²) in [6.45, 7) is 0.678. The molecule has 164 valence electrons. The maximum Gasteiger partial charge on any atom is 0.387 e. The first-order chi connectivity index (χ1) is 15.0. The van der Waals surface area contributed by atoms with Crippen molar-refractivity contribution in [3.8, 4) is 17.0 Å². The van der Waals surface area contributed by atoms with Gasteiger partial charge in [0.25, 0.3) is 0 Å². The van der Waals surface area contributed by atoms with Crippen LogP contribution in [0.1, 0.15) is 36.5 Å². The summed E-state index contributed by atoms with van der Waals surface area (Å²) in [5.41, 5.74) is 1.78. The quantitative estimate of drug-likeness (QED) is 0.571. The van der Waals surface area contributed by atoms with Crippen LogP contribution in [0.2, 0.25) is 0 Å². The highest BCUT2D eigenvalue weighted by atomic mass is 19.3. The third-order valence-electron chi connectivity index (χ3n) is 5.52. The van der Waals surface area contributed by atoms with Crippen molar-refractivity contribution < 1.29 is 18.3 Å². The normalized spacial score (nSPS) is 17.3. The highest BCUT2D eigenvalue weighted by Crippen LogP contribution is 2.34. The van der Waals surface area contributed by atoms with Crippen molar-refractivity contribution in [2.45, 2.75) is 38.8 Å². The average molecular weight is 429 g/mol. The Kier molecular flexibility index (Phi) is 6.13. The number of nitrogens with one attached hydrogen (secondary N) is 1. The molecule has 4 rings (SSSR count). The number of hydrogen-bond acceptors (Lipinski definition) is 6. The number of fused-ring (bicyclic) bond motifs is 1. The van der Waals surface area contributed by atoms with Crippen LogP contribution >= 0.6 is 0 Å². The highest BCUT2D eigenvalue weighted by molar-refractivity contribution is 5.97. The molecule has 7 nitrogen and oxygen atoms in total. The van der Waals surface area contributed by atoms with Crippen molar-refractivity contribution in [3.05, 3.63) is 42.1 Å². The Morgan fingerprint density at radius 2 is 2.16 bits per heavy atom. The van der Waals surface area contributed by atoms with Crippen LogP contribution in [0.3, 0.4) is 0 Å². The Morgan fingerprint density at radius 1 is 1.32 bits per heavy atom. The number of rotatable bonds is 7. The van der Waals surface area contributed by atoms with E-state index >= 15 is 0 Å². The SMILES string of the molecule is CCC(=O)c1ccc(-c2nnc(N[C@@H]3CCCN(C)C3)n3cccc23)c(OC(F)F)c1. The minimum atomic E-state index is -3.02. The lowest BCUT2D eigenvalue weighted by Crippen LogP contribution is -2.40. The van der Waals surface area contributed by atoms with Crippen molar-refractivity contribution in [2.24, 2.45) is 0 Å². The van der Waals surface area contributed by atoms with Crippen LogP contribution in [0.5, 0.6) is 5.75 Å². The predicted octanol–water partition coefficient (Wildman–Crippen LogP) is 4.10. The van der Waals surface area contributed by atoms with E-state index in [1.807, 2.05) is 22.7 Å². The number of aromatic nitrogens is 3. The van der Waals surface area contributed by atoms with Gasteiger partial charge in [-0.2, -0.15) is 8.78 Å². The van der Waals surface area contributed by atoms with Gasteiger partial charge in [0.15, 0.2) is 5.78 Å². The molecule has 9 heteroatoms. The zero-order chi connectivity index (χ0) is 22.0. The van der Waals surface area contributed by atoms with Gasteiger partial charge in [-0.3, -0.25) is 9.20 Å². The van der Waals surface area contributed by atoms with Crippen LogP contribution in [0.15, 0.2) is 36.5 Å². The Hall–Kier alpha value is -3.07. The van der Waals surface area contributed by atoms with Gasteiger partial charge in [0.05, 0.1) is 5.52 Å². The maximum atomic E-state index is 13.1. The first-order valence-corrected chi connectivity index (χ1v) is 10.4. The van der Waals surface area contributed by atoms with Crippen molar-refractivity contribution >= 4 is 17.2 Å².